The van der Waals surface area contributed by atoms with Crippen LogP contribution in [0.1, 0.15) is 63.1 Å². The maximum absolute atomic E-state index is 6.45. The standard InChI is InChI=1S/C17H26N2/c1-17(2,3)19-11-10-15(18)16(19)14-7-5-4-6-13(14)12-8-9-12/h4-7,12,15-16H,8-11,18H2,1-3H3. The molecule has 2 aliphatic rings. The van der Waals surface area contributed by atoms with E-state index in [1.54, 1.807) is 5.56 Å². The van der Waals surface area contributed by atoms with Crippen molar-refractivity contribution in [3.05, 3.63) is 35.4 Å². The summed E-state index contributed by atoms with van der Waals surface area (Å²) < 4.78 is 0. The topological polar surface area (TPSA) is 29.3 Å². The number of benzene rings is 1. The first-order valence-corrected chi connectivity index (χ1v) is 7.59. The van der Waals surface area contributed by atoms with Crippen LogP contribution < -0.4 is 5.73 Å². The minimum Gasteiger partial charge on any atom is -0.326 e. The fourth-order valence-corrected chi connectivity index (χ4v) is 3.51. The van der Waals surface area contributed by atoms with Crippen molar-refractivity contribution in [3.63, 3.8) is 0 Å². The summed E-state index contributed by atoms with van der Waals surface area (Å²) in [7, 11) is 0. The van der Waals surface area contributed by atoms with Crippen molar-refractivity contribution in [1.82, 2.24) is 4.90 Å². The molecule has 1 saturated heterocycles. The number of hydrogen-bond acceptors (Lipinski definition) is 2. The van der Waals surface area contributed by atoms with Crippen LogP contribution in [-0.2, 0) is 0 Å². The van der Waals surface area contributed by atoms with E-state index in [0.717, 1.165) is 18.9 Å². The predicted octanol–water partition coefficient (Wildman–Crippen LogP) is 3.44. The van der Waals surface area contributed by atoms with Gasteiger partial charge in [0.15, 0.2) is 0 Å². The SMILES string of the molecule is CC(C)(C)N1CCC(N)C1c1ccccc1C1CC1. The van der Waals surface area contributed by atoms with Crippen LogP contribution in [0.15, 0.2) is 24.3 Å². The van der Waals surface area contributed by atoms with Crippen molar-refractivity contribution in [3.8, 4) is 0 Å². The Kier molecular flexibility index (Phi) is 3.18. The quantitative estimate of drug-likeness (QED) is 0.880. The Bertz CT molecular complexity index is 457. The average molecular weight is 258 g/mol. The van der Waals surface area contributed by atoms with E-state index in [4.69, 9.17) is 5.73 Å². The average Bonchev–Trinajstić information content (AvgIpc) is 3.11. The molecule has 0 aromatic heterocycles. The largest absolute Gasteiger partial charge is 0.326 e. The lowest BCUT2D eigenvalue weighted by molar-refractivity contribution is 0.116. The Morgan fingerprint density at radius 2 is 1.68 bits per heavy atom. The number of likely N-dealkylation sites (tertiary alicyclic amines) is 1. The van der Waals surface area contributed by atoms with E-state index in [1.807, 2.05) is 0 Å². The molecule has 1 aromatic carbocycles. The first-order chi connectivity index (χ1) is 8.98. The molecule has 2 heteroatoms. The maximum Gasteiger partial charge on any atom is 0.0507 e. The number of nitrogens with zero attached hydrogens (tertiary/aromatic N) is 1. The first-order valence-electron chi connectivity index (χ1n) is 7.59. The fourth-order valence-electron chi connectivity index (χ4n) is 3.51. The van der Waals surface area contributed by atoms with Gasteiger partial charge < -0.3 is 5.73 Å². The van der Waals surface area contributed by atoms with Crippen molar-refractivity contribution in [2.45, 2.75) is 63.6 Å². The molecule has 2 fully saturated rings. The van der Waals surface area contributed by atoms with Crippen LogP contribution in [0.4, 0.5) is 0 Å². The van der Waals surface area contributed by atoms with Gasteiger partial charge in [-0.1, -0.05) is 24.3 Å². The smallest absolute Gasteiger partial charge is 0.0507 e. The van der Waals surface area contributed by atoms with E-state index >= 15 is 0 Å². The highest BCUT2D eigenvalue weighted by Crippen LogP contribution is 2.46. The second-order valence-electron chi connectivity index (χ2n) is 7.16. The van der Waals surface area contributed by atoms with Gasteiger partial charge in [-0.05, 0) is 57.1 Å². The molecule has 0 radical (unpaired) electrons. The van der Waals surface area contributed by atoms with E-state index in [2.05, 4.69) is 49.9 Å². The summed E-state index contributed by atoms with van der Waals surface area (Å²) in [6.07, 6.45) is 3.82. The van der Waals surface area contributed by atoms with Crippen LogP contribution in [0.3, 0.4) is 0 Å². The third-order valence-corrected chi connectivity index (χ3v) is 4.64. The summed E-state index contributed by atoms with van der Waals surface area (Å²) in [5, 5.41) is 0. The van der Waals surface area contributed by atoms with Crippen molar-refractivity contribution in [2.24, 2.45) is 5.73 Å². The van der Waals surface area contributed by atoms with Gasteiger partial charge in [0.2, 0.25) is 0 Å². The van der Waals surface area contributed by atoms with Crippen LogP contribution in [0.2, 0.25) is 0 Å². The molecule has 1 heterocycles. The lowest BCUT2D eigenvalue weighted by Crippen LogP contribution is -2.43. The van der Waals surface area contributed by atoms with Gasteiger partial charge in [-0.3, -0.25) is 4.90 Å². The Balaban J connectivity index is 1.99. The van der Waals surface area contributed by atoms with Gasteiger partial charge >= 0.3 is 0 Å². The second kappa shape index (κ2) is 4.60. The summed E-state index contributed by atoms with van der Waals surface area (Å²) in [5.41, 5.74) is 9.68. The molecule has 104 valence electrons. The Morgan fingerprint density at radius 3 is 2.26 bits per heavy atom. The monoisotopic (exact) mass is 258 g/mol. The van der Waals surface area contributed by atoms with Crippen LogP contribution in [0, 0.1) is 0 Å². The van der Waals surface area contributed by atoms with E-state index in [-0.39, 0.29) is 11.6 Å². The summed E-state index contributed by atoms with van der Waals surface area (Å²) >= 11 is 0. The van der Waals surface area contributed by atoms with Gasteiger partial charge in [0.25, 0.3) is 0 Å². The van der Waals surface area contributed by atoms with Gasteiger partial charge in [-0.2, -0.15) is 0 Å². The third kappa shape index (κ3) is 2.44. The summed E-state index contributed by atoms with van der Waals surface area (Å²) in [5.74, 6) is 0.797. The zero-order valence-electron chi connectivity index (χ0n) is 12.4. The minimum atomic E-state index is 0.190. The van der Waals surface area contributed by atoms with Crippen LogP contribution in [0.25, 0.3) is 0 Å². The molecule has 2 nitrogen and oxygen atoms in total. The van der Waals surface area contributed by atoms with Crippen molar-refractivity contribution in [2.75, 3.05) is 6.54 Å². The van der Waals surface area contributed by atoms with Gasteiger partial charge in [-0.15, -0.1) is 0 Å². The molecule has 3 rings (SSSR count). The molecular weight excluding hydrogens is 232 g/mol. The zero-order chi connectivity index (χ0) is 13.6. The summed E-state index contributed by atoms with van der Waals surface area (Å²) in [4.78, 5) is 2.60. The molecule has 2 N–H and O–H groups in total. The number of rotatable bonds is 2. The van der Waals surface area contributed by atoms with Crippen molar-refractivity contribution >= 4 is 0 Å². The van der Waals surface area contributed by atoms with E-state index in [9.17, 15) is 0 Å². The molecule has 0 bridgehead atoms. The fraction of sp³-hybridized carbons (Fsp3) is 0.647. The van der Waals surface area contributed by atoms with E-state index in [0.29, 0.717) is 6.04 Å². The molecule has 0 amide bonds. The van der Waals surface area contributed by atoms with Gasteiger partial charge in [-0.25, -0.2) is 0 Å². The van der Waals surface area contributed by atoms with E-state index < -0.39 is 0 Å². The lowest BCUT2D eigenvalue weighted by Gasteiger charge is -2.39. The molecule has 2 atom stereocenters. The van der Waals surface area contributed by atoms with Crippen LogP contribution >= 0.6 is 0 Å². The third-order valence-electron chi connectivity index (χ3n) is 4.64. The normalized spacial score (nSPS) is 28.8. The summed E-state index contributed by atoms with van der Waals surface area (Å²) in [6.45, 7) is 8.03. The lowest BCUT2D eigenvalue weighted by atomic mass is 9.91. The van der Waals surface area contributed by atoms with Crippen molar-refractivity contribution in [1.29, 1.82) is 0 Å². The Labute approximate surface area is 117 Å². The van der Waals surface area contributed by atoms with Crippen LogP contribution in [-0.4, -0.2) is 23.0 Å². The minimum absolute atomic E-state index is 0.190. The molecule has 2 unspecified atom stereocenters. The molecule has 19 heavy (non-hydrogen) atoms. The second-order valence-corrected chi connectivity index (χ2v) is 7.16. The maximum atomic E-state index is 6.45. The van der Waals surface area contributed by atoms with Crippen molar-refractivity contribution < 1.29 is 0 Å². The molecular formula is C17H26N2. The Morgan fingerprint density at radius 1 is 1.05 bits per heavy atom. The highest BCUT2D eigenvalue weighted by molar-refractivity contribution is 5.37. The highest BCUT2D eigenvalue weighted by Gasteiger charge is 2.41. The molecule has 1 saturated carbocycles. The van der Waals surface area contributed by atoms with Gasteiger partial charge in [0.05, 0.1) is 6.04 Å². The summed E-state index contributed by atoms with van der Waals surface area (Å²) in [6, 6.07) is 9.66. The predicted molar refractivity (Wildman–Crippen MR) is 80.2 cm³/mol. The van der Waals surface area contributed by atoms with Gasteiger partial charge in [0, 0.05) is 18.1 Å². The van der Waals surface area contributed by atoms with E-state index in [1.165, 1.54) is 18.4 Å². The first kappa shape index (κ1) is 13.1. The van der Waals surface area contributed by atoms with Crippen LogP contribution in [0.5, 0.6) is 0 Å². The zero-order valence-corrected chi connectivity index (χ0v) is 12.4. The molecule has 1 aliphatic heterocycles. The Hall–Kier alpha value is -0.860. The highest BCUT2D eigenvalue weighted by atomic mass is 15.3. The number of nitrogens with two attached hydrogens (primary N) is 1. The molecule has 1 aliphatic carbocycles. The number of hydrogen-bond donors (Lipinski definition) is 1. The van der Waals surface area contributed by atoms with Gasteiger partial charge in [0.1, 0.15) is 0 Å². The molecule has 0 spiro atoms. The molecule has 1 aromatic rings.